The van der Waals surface area contributed by atoms with Crippen molar-refractivity contribution in [2.24, 2.45) is 0 Å². The molecule has 0 unspecified atom stereocenters. The van der Waals surface area contributed by atoms with Crippen LogP contribution >= 0.6 is 0 Å². The molecule has 116 valence electrons. The number of unbranched alkanes of at least 4 members (excludes halogenated alkanes) is 2. The highest BCUT2D eigenvalue weighted by Crippen LogP contribution is 2.40. The SMILES string of the molecule is CCCCCOc1c(C=CCO)cccc1C1CCCC1. The highest BCUT2D eigenvalue weighted by atomic mass is 16.5. The van der Waals surface area contributed by atoms with E-state index in [1.165, 1.54) is 44.1 Å². The summed E-state index contributed by atoms with van der Waals surface area (Å²) in [6.45, 7) is 3.07. The molecular formula is C19H28O2. The third-order valence-electron chi connectivity index (χ3n) is 4.27. The lowest BCUT2D eigenvalue weighted by molar-refractivity contribution is 0.300. The predicted octanol–water partition coefficient (Wildman–Crippen LogP) is 4.92. The zero-order valence-electron chi connectivity index (χ0n) is 13.2. The van der Waals surface area contributed by atoms with Gasteiger partial charge in [0.05, 0.1) is 13.2 Å². The van der Waals surface area contributed by atoms with E-state index in [1.807, 2.05) is 6.08 Å². The molecule has 1 aromatic rings. The largest absolute Gasteiger partial charge is 0.493 e. The second-order valence-corrected chi connectivity index (χ2v) is 5.89. The van der Waals surface area contributed by atoms with Crippen LogP contribution in [0.15, 0.2) is 24.3 Å². The summed E-state index contributed by atoms with van der Waals surface area (Å²) >= 11 is 0. The Balaban J connectivity index is 2.18. The number of aliphatic hydroxyl groups is 1. The molecule has 1 fully saturated rings. The molecule has 1 aliphatic carbocycles. The minimum Gasteiger partial charge on any atom is -0.493 e. The van der Waals surface area contributed by atoms with Gasteiger partial charge in [-0.05, 0) is 30.7 Å². The van der Waals surface area contributed by atoms with Gasteiger partial charge >= 0.3 is 0 Å². The Hall–Kier alpha value is -1.28. The normalized spacial score (nSPS) is 15.9. The zero-order chi connectivity index (χ0) is 14.9. The van der Waals surface area contributed by atoms with Crippen molar-refractivity contribution >= 4 is 6.08 Å². The molecule has 0 saturated heterocycles. The summed E-state index contributed by atoms with van der Waals surface area (Å²) < 4.78 is 6.15. The molecule has 21 heavy (non-hydrogen) atoms. The summed E-state index contributed by atoms with van der Waals surface area (Å²) in [5.74, 6) is 1.69. The van der Waals surface area contributed by atoms with Crippen LogP contribution < -0.4 is 4.74 Å². The summed E-state index contributed by atoms with van der Waals surface area (Å²) in [4.78, 5) is 0. The molecule has 2 heteroatoms. The van der Waals surface area contributed by atoms with E-state index in [2.05, 4.69) is 25.1 Å². The van der Waals surface area contributed by atoms with Crippen LogP contribution in [0.3, 0.4) is 0 Å². The van der Waals surface area contributed by atoms with E-state index < -0.39 is 0 Å². The van der Waals surface area contributed by atoms with Crippen LogP contribution in [0.25, 0.3) is 6.08 Å². The van der Waals surface area contributed by atoms with E-state index in [4.69, 9.17) is 9.84 Å². The van der Waals surface area contributed by atoms with Crippen molar-refractivity contribution in [1.29, 1.82) is 0 Å². The Morgan fingerprint density at radius 2 is 2.05 bits per heavy atom. The zero-order valence-corrected chi connectivity index (χ0v) is 13.2. The molecular weight excluding hydrogens is 260 g/mol. The van der Waals surface area contributed by atoms with Gasteiger partial charge in [0, 0.05) is 5.56 Å². The molecule has 0 bridgehead atoms. The predicted molar refractivity (Wildman–Crippen MR) is 88.8 cm³/mol. The minimum absolute atomic E-state index is 0.0724. The third-order valence-corrected chi connectivity index (χ3v) is 4.27. The number of ether oxygens (including phenoxy) is 1. The maximum Gasteiger partial charge on any atom is 0.129 e. The maximum absolute atomic E-state index is 9.02. The second kappa shape index (κ2) is 8.89. The molecule has 2 rings (SSSR count). The van der Waals surface area contributed by atoms with Gasteiger partial charge in [-0.1, -0.05) is 63.0 Å². The summed E-state index contributed by atoms with van der Waals surface area (Å²) in [6, 6.07) is 6.42. The highest BCUT2D eigenvalue weighted by molar-refractivity contribution is 5.60. The van der Waals surface area contributed by atoms with Crippen LogP contribution in [-0.2, 0) is 0 Å². The van der Waals surface area contributed by atoms with Crippen molar-refractivity contribution < 1.29 is 9.84 Å². The van der Waals surface area contributed by atoms with Crippen LogP contribution in [0.4, 0.5) is 0 Å². The summed E-state index contributed by atoms with van der Waals surface area (Å²) in [5.41, 5.74) is 2.47. The molecule has 0 atom stereocenters. The smallest absolute Gasteiger partial charge is 0.129 e. The first kappa shape index (κ1) is 16.1. The number of aliphatic hydroxyl groups excluding tert-OH is 1. The van der Waals surface area contributed by atoms with Gasteiger partial charge in [-0.25, -0.2) is 0 Å². The van der Waals surface area contributed by atoms with Gasteiger partial charge in [0.25, 0.3) is 0 Å². The van der Waals surface area contributed by atoms with Crippen molar-refractivity contribution in [2.75, 3.05) is 13.2 Å². The molecule has 1 aromatic carbocycles. The first-order valence-corrected chi connectivity index (χ1v) is 8.40. The molecule has 0 amide bonds. The van der Waals surface area contributed by atoms with Gasteiger partial charge in [-0.3, -0.25) is 0 Å². The van der Waals surface area contributed by atoms with Gasteiger partial charge in [-0.15, -0.1) is 0 Å². The fraction of sp³-hybridized carbons (Fsp3) is 0.579. The molecule has 0 heterocycles. The highest BCUT2D eigenvalue weighted by Gasteiger charge is 2.21. The standard InChI is InChI=1S/C19H28O2/c1-2-3-6-15-21-19-17(12-8-14-20)11-7-13-18(19)16-9-4-5-10-16/h7-8,11-13,16,20H,2-6,9-10,14-15H2,1H3. The van der Waals surface area contributed by atoms with Crippen LogP contribution in [0.5, 0.6) is 5.75 Å². The number of rotatable bonds is 8. The van der Waals surface area contributed by atoms with E-state index in [0.29, 0.717) is 5.92 Å². The van der Waals surface area contributed by atoms with E-state index in [-0.39, 0.29) is 6.61 Å². The minimum atomic E-state index is 0.0724. The lowest BCUT2D eigenvalue weighted by Gasteiger charge is -2.18. The summed E-state index contributed by atoms with van der Waals surface area (Å²) in [5, 5.41) is 9.02. The first-order chi connectivity index (χ1) is 10.4. The topological polar surface area (TPSA) is 29.5 Å². The van der Waals surface area contributed by atoms with E-state index in [9.17, 15) is 0 Å². The van der Waals surface area contributed by atoms with E-state index in [1.54, 1.807) is 6.08 Å². The van der Waals surface area contributed by atoms with Crippen molar-refractivity contribution in [2.45, 2.75) is 57.8 Å². The molecule has 0 aliphatic heterocycles. The Morgan fingerprint density at radius 3 is 2.76 bits per heavy atom. The number of para-hydroxylation sites is 1. The molecule has 1 N–H and O–H groups in total. The average molecular weight is 288 g/mol. The molecule has 1 aliphatic rings. The maximum atomic E-state index is 9.02. The van der Waals surface area contributed by atoms with Crippen molar-refractivity contribution in [1.82, 2.24) is 0 Å². The van der Waals surface area contributed by atoms with Crippen molar-refractivity contribution in [3.63, 3.8) is 0 Å². The Morgan fingerprint density at radius 1 is 1.24 bits per heavy atom. The van der Waals surface area contributed by atoms with Gasteiger partial charge in [0.1, 0.15) is 5.75 Å². The molecule has 0 spiro atoms. The van der Waals surface area contributed by atoms with E-state index in [0.717, 1.165) is 24.3 Å². The fourth-order valence-corrected chi connectivity index (χ4v) is 3.14. The lowest BCUT2D eigenvalue weighted by atomic mass is 9.94. The van der Waals surface area contributed by atoms with Crippen LogP contribution in [-0.4, -0.2) is 18.3 Å². The Labute approximate surface area is 128 Å². The average Bonchev–Trinajstić information content (AvgIpc) is 3.04. The van der Waals surface area contributed by atoms with Crippen LogP contribution in [0, 0.1) is 0 Å². The number of hydrogen-bond donors (Lipinski definition) is 1. The van der Waals surface area contributed by atoms with Crippen LogP contribution in [0.2, 0.25) is 0 Å². The van der Waals surface area contributed by atoms with Gasteiger partial charge in [0.2, 0.25) is 0 Å². The van der Waals surface area contributed by atoms with Crippen LogP contribution in [0.1, 0.15) is 68.9 Å². The second-order valence-electron chi connectivity index (χ2n) is 5.89. The molecule has 0 aromatic heterocycles. The fourth-order valence-electron chi connectivity index (χ4n) is 3.14. The Kier molecular flexibility index (Phi) is 6.81. The third kappa shape index (κ3) is 4.60. The number of benzene rings is 1. The van der Waals surface area contributed by atoms with Crippen molar-refractivity contribution in [3.05, 3.63) is 35.4 Å². The lowest BCUT2D eigenvalue weighted by Crippen LogP contribution is -2.04. The van der Waals surface area contributed by atoms with Gasteiger partial charge < -0.3 is 9.84 Å². The summed E-state index contributed by atoms with van der Waals surface area (Å²) in [6.07, 6.45) is 12.5. The van der Waals surface area contributed by atoms with Gasteiger partial charge in [0.15, 0.2) is 0 Å². The van der Waals surface area contributed by atoms with E-state index >= 15 is 0 Å². The molecule has 1 saturated carbocycles. The van der Waals surface area contributed by atoms with Gasteiger partial charge in [-0.2, -0.15) is 0 Å². The Bertz CT molecular complexity index is 445. The molecule has 2 nitrogen and oxygen atoms in total. The summed E-state index contributed by atoms with van der Waals surface area (Å²) in [7, 11) is 0. The monoisotopic (exact) mass is 288 g/mol. The first-order valence-electron chi connectivity index (χ1n) is 8.40. The number of hydrogen-bond acceptors (Lipinski definition) is 2. The molecule has 0 radical (unpaired) electrons. The van der Waals surface area contributed by atoms with Crippen molar-refractivity contribution in [3.8, 4) is 5.75 Å². The quantitative estimate of drug-likeness (QED) is 0.688.